The second-order valence-electron chi connectivity index (χ2n) is 5.56. The van der Waals surface area contributed by atoms with Gasteiger partial charge in [0.15, 0.2) is 0 Å². The molecule has 0 fully saturated rings. The van der Waals surface area contributed by atoms with Gasteiger partial charge in [-0.2, -0.15) is 4.31 Å². The van der Waals surface area contributed by atoms with E-state index in [9.17, 15) is 22.0 Å². The van der Waals surface area contributed by atoms with Crippen LogP contribution < -0.4 is 10.1 Å². The highest BCUT2D eigenvalue weighted by molar-refractivity contribution is 7.89. The van der Waals surface area contributed by atoms with Gasteiger partial charge in [-0.25, -0.2) is 17.2 Å². The Morgan fingerprint density at radius 3 is 2.42 bits per heavy atom. The standard InChI is InChI=1S/C17H18F2N2O4S/c1-11-4-5-12(18)8-14(11)20-17(22)10-21(2)26(23,24)16-9-13(19)6-7-15(16)25-3/h4-9H,10H2,1-3H3,(H,20,22). The molecule has 2 rings (SSSR count). The Labute approximate surface area is 150 Å². The Morgan fingerprint density at radius 1 is 1.15 bits per heavy atom. The van der Waals surface area contributed by atoms with E-state index in [4.69, 9.17) is 4.74 Å². The Balaban J connectivity index is 2.20. The van der Waals surface area contributed by atoms with Gasteiger partial charge in [-0.05, 0) is 42.8 Å². The van der Waals surface area contributed by atoms with Gasteiger partial charge in [0.25, 0.3) is 0 Å². The second-order valence-corrected chi connectivity index (χ2v) is 7.58. The number of benzene rings is 2. The second kappa shape index (κ2) is 7.79. The highest BCUT2D eigenvalue weighted by Crippen LogP contribution is 2.27. The smallest absolute Gasteiger partial charge is 0.247 e. The maximum atomic E-state index is 13.5. The SMILES string of the molecule is COc1ccc(F)cc1S(=O)(=O)N(C)CC(=O)Nc1cc(F)ccc1C. The third-order valence-corrected chi connectivity index (χ3v) is 5.48. The molecule has 1 N–H and O–H groups in total. The zero-order valence-corrected chi connectivity index (χ0v) is 15.2. The van der Waals surface area contributed by atoms with Crippen LogP contribution in [0, 0.1) is 18.6 Å². The van der Waals surface area contributed by atoms with Gasteiger partial charge in [0, 0.05) is 12.7 Å². The molecule has 0 spiro atoms. The summed E-state index contributed by atoms with van der Waals surface area (Å²) in [6, 6.07) is 6.95. The number of anilines is 1. The van der Waals surface area contributed by atoms with Crippen molar-refractivity contribution >= 4 is 21.6 Å². The molecule has 0 atom stereocenters. The van der Waals surface area contributed by atoms with E-state index in [0.717, 1.165) is 22.5 Å². The Bertz CT molecular complexity index is 932. The minimum absolute atomic E-state index is 0.0420. The van der Waals surface area contributed by atoms with Crippen molar-refractivity contribution < 1.29 is 26.7 Å². The lowest BCUT2D eigenvalue weighted by atomic mass is 10.2. The molecule has 6 nitrogen and oxygen atoms in total. The number of aryl methyl sites for hydroxylation is 1. The molecule has 2 aromatic carbocycles. The number of hydrogen-bond acceptors (Lipinski definition) is 4. The van der Waals surface area contributed by atoms with E-state index in [1.807, 2.05) is 0 Å². The number of carbonyl (C=O) groups excluding carboxylic acids is 1. The normalized spacial score (nSPS) is 11.5. The van der Waals surface area contributed by atoms with Gasteiger partial charge in [0.2, 0.25) is 15.9 Å². The molecule has 0 saturated heterocycles. The van der Waals surface area contributed by atoms with Crippen LogP contribution in [0.15, 0.2) is 41.3 Å². The summed E-state index contributed by atoms with van der Waals surface area (Å²) in [6.07, 6.45) is 0. The lowest BCUT2D eigenvalue weighted by Gasteiger charge is -2.19. The summed E-state index contributed by atoms with van der Waals surface area (Å²) in [6.45, 7) is 1.13. The van der Waals surface area contributed by atoms with E-state index in [0.29, 0.717) is 5.56 Å². The molecule has 9 heteroatoms. The number of hydrogen-bond donors (Lipinski definition) is 1. The van der Waals surface area contributed by atoms with Crippen LogP contribution in [0.2, 0.25) is 0 Å². The van der Waals surface area contributed by atoms with Crippen LogP contribution in [-0.2, 0) is 14.8 Å². The summed E-state index contributed by atoms with van der Waals surface area (Å²) in [5, 5.41) is 2.46. The van der Waals surface area contributed by atoms with Crippen LogP contribution in [0.25, 0.3) is 0 Å². The van der Waals surface area contributed by atoms with Gasteiger partial charge in [-0.15, -0.1) is 0 Å². The van der Waals surface area contributed by atoms with Crippen LogP contribution >= 0.6 is 0 Å². The van der Waals surface area contributed by atoms with Crippen molar-refractivity contribution in [2.45, 2.75) is 11.8 Å². The third kappa shape index (κ3) is 4.36. The van der Waals surface area contributed by atoms with Crippen LogP contribution in [0.1, 0.15) is 5.56 Å². The Kier molecular flexibility index (Phi) is 5.94. The number of sulfonamides is 1. The number of carbonyl (C=O) groups is 1. The zero-order chi connectivity index (χ0) is 19.5. The molecular weight excluding hydrogens is 366 g/mol. The highest BCUT2D eigenvalue weighted by Gasteiger charge is 2.27. The van der Waals surface area contributed by atoms with Gasteiger partial charge in [-0.3, -0.25) is 4.79 Å². The van der Waals surface area contributed by atoms with E-state index in [-0.39, 0.29) is 11.4 Å². The average Bonchev–Trinajstić information content (AvgIpc) is 2.58. The fourth-order valence-corrected chi connectivity index (χ4v) is 3.52. The zero-order valence-electron chi connectivity index (χ0n) is 14.4. The van der Waals surface area contributed by atoms with E-state index < -0.39 is 39.0 Å². The van der Waals surface area contributed by atoms with Crippen LogP contribution in [0.4, 0.5) is 14.5 Å². The monoisotopic (exact) mass is 384 g/mol. The van der Waals surface area contributed by atoms with Crippen LogP contribution in [0.5, 0.6) is 5.75 Å². The molecule has 26 heavy (non-hydrogen) atoms. The van der Waals surface area contributed by atoms with E-state index in [1.165, 1.54) is 32.4 Å². The van der Waals surface area contributed by atoms with E-state index in [2.05, 4.69) is 5.32 Å². The predicted molar refractivity (Wildman–Crippen MR) is 92.5 cm³/mol. The van der Waals surface area contributed by atoms with Crippen molar-refractivity contribution in [1.82, 2.24) is 4.31 Å². The first-order chi connectivity index (χ1) is 12.1. The number of ether oxygens (including phenoxy) is 1. The number of nitrogens with zero attached hydrogens (tertiary/aromatic N) is 1. The predicted octanol–water partition coefficient (Wildman–Crippen LogP) is 2.54. The number of rotatable bonds is 6. The number of halogens is 2. The molecule has 0 radical (unpaired) electrons. The molecule has 0 unspecified atom stereocenters. The minimum atomic E-state index is -4.18. The molecule has 0 aliphatic heterocycles. The summed E-state index contributed by atoms with van der Waals surface area (Å²) in [4.78, 5) is 11.7. The molecular formula is C17H18F2N2O4S. The molecule has 0 aromatic heterocycles. The van der Waals surface area contributed by atoms with Gasteiger partial charge < -0.3 is 10.1 Å². The van der Waals surface area contributed by atoms with Gasteiger partial charge in [-0.1, -0.05) is 6.07 Å². The van der Waals surface area contributed by atoms with Crippen molar-refractivity contribution in [3.63, 3.8) is 0 Å². The molecule has 2 aromatic rings. The molecule has 0 aliphatic rings. The van der Waals surface area contributed by atoms with Gasteiger partial charge in [0.1, 0.15) is 22.3 Å². The quantitative estimate of drug-likeness (QED) is 0.831. The summed E-state index contributed by atoms with van der Waals surface area (Å²) in [5.41, 5.74) is 0.862. The van der Waals surface area contributed by atoms with Crippen molar-refractivity contribution in [2.75, 3.05) is 26.0 Å². The number of methoxy groups -OCH3 is 1. The maximum absolute atomic E-state index is 13.5. The molecule has 140 valence electrons. The molecule has 0 aliphatic carbocycles. The lowest BCUT2D eigenvalue weighted by Crippen LogP contribution is -2.35. The lowest BCUT2D eigenvalue weighted by molar-refractivity contribution is -0.116. The third-order valence-electron chi connectivity index (χ3n) is 3.65. The summed E-state index contributed by atoms with van der Waals surface area (Å²) in [7, 11) is -1.74. The first-order valence-corrected chi connectivity index (χ1v) is 8.95. The molecule has 0 saturated carbocycles. The first-order valence-electron chi connectivity index (χ1n) is 7.51. The van der Waals surface area contributed by atoms with Crippen LogP contribution in [-0.4, -0.2) is 39.3 Å². The highest BCUT2D eigenvalue weighted by atomic mass is 32.2. The van der Waals surface area contributed by atoms with Gasteiger partial charge in [0.05, 0.1) is 13.7 Å². The largest absolute Gasteiger partial charge is 0.495 e. The minimum Gasteiger partial charge on any atom is -0.495 e. The van der Waals surface area contributed by atoms with Crippen molar-refractivity contribution in [3.05, 3.63) is 53.6 Å². The number of likely N-dealkylation sites (N-methyl/N-ethyl adjacent to an activating group) is 1. The van der Waals surface area contributed by atoms with Crippen molar-refractivity contribution in [2.24, 2.45) is 0 Å². The summed E-state index contributed by atoms with van der Waals surface area (Å²) < 4.78 is 57.7. The fraction of sp³-hybridized carbons (Fsp3) is 0.235. The molecule has 0 heterocycles. The number of nitrogens with one attached hydrogen (secondary N) is 1. The Morgan fingerprint density at radius 2 is 1.77 bits per heavy atom. The summed E-state index contributed by atoms with van der Waals surface area (Å²) >= 11 is 0. The first kappa shape index (κ1) is 19.8. The summed E-state index contributed by atoms with van der Waals surface area (Å²) in [5.74, 6) is -1.99. The van der Waals surface area contributed by atoms with Crippen molar-refractivity contribution in [1.29, 1.82) is 0 Å². The molecule has 0 bridgehead atoms. The van der Waals surface area contributed by atoms with Gasteiger partial charge >= 0.3 is 0 Å². The number of amides is 1. The van der Waals surface area contributed by atoms with Crippen molar-refractivity contribution in [3.8, 4) is 5.75 Å². The maximum Gasteiger partial charge on any atom is 0.247 e. The molecule has 1 amide bonds. The fourth-order valence-electron chi connectivity index (χ4n) is 2.23. The topological polar surface area (TPSA) is 75.7 Å². The van der Waals surface area contributed by atoms with E-state index in [1.54, 1.807) is 6.92 Å². The van der Waals surface area contributed by atoms with E-state index >= 15 is 0 Å². The van der Waals surface area contributed by atoms with Crippen LogP contribution in [0.3, 0.4) is 0 Å². The average molecular weight is 384 g/mol. The Hall–Kier alpha value is -2.52.